The van der Waals surface area contributed by atoms with E-state index in [1.165, 1.54) is 12.3 Å². The number of rotatable bonds is 5. The van der Waals surface area contributed by atoms with Crippen LogP contribution in [0.3, 0.4) is 0 Å². The molecule has 0 amide bonds. The zero-order valence-corrected chi connectivity index (χ0v) is 10.5. The van der Waals surface area contributed by atoms with Crippen molar-refractivity contribution >= 4 is 17.5 Å². The largest absolute Gasteiger partial charge is 0.481 e. The molecule has 1 fully saturated rings. The van der Waals surface area contributed by atoms with E-state index in [1.54, 1.807) is 6.07 Å². The summed E-state index contributed by atoms with van der Waals surface area (Å²) < 4.78 is 0. The van der Waals surface area contributed by atoms with Crippen molar-refractivity contribution in [3.8, 4) is 6.07 Å². The molecule has 0 aromatic carbocycles. The number of aromatic nitrogens is 1. The number of nitriles is 1. The molecule has 1 aromatic heterocycles. The van der Waals surface area contributed by atoms with Crippen LogP contribution in [0, 0.1) is 26.9 Å². The van der Waals surface area contributed by atoms with Crippen LogP contribution in [0.1, 0.15) is 24.8 Å². The lowest BCUT2D eigenvalue weighted by atomic mass is 9.69. The zero-order valence-electron chi connectivity index (χ0n) is 10.5. The lowest BCUT2D eigenvalue weighted by Gasteiger charge is -2.37. The molecule has 2 rings (SSSR count). The van der Waals surface area contributed by atoms with E-state index in [2.05, 4.69) is 10.3 Å². The lowest BCUT2D eigenvalue weighted by Crippen LogP contribution is -2.43. The molecule has 1 aromatic rings. The summed E-state index contributed by atoms with van der Waals surface area (Å²) in [5.74, 6) is -0.989. The maximum absolute atomic E-state index is 11.2. The van der Waals surface area contributed by atoms with Crippen LogP contribution in [0.2, 0.25) is 0 Å². The number of nitrogens with zero attached hydrogens (tertiary/aromatic N) is 3. The first-order chi connectivity index (χ1) is 9.50. The monoisotopic (exact) mass is 276 g/mol. The molecule has 0 spiro atoms. The highest BCUT2D eigenvalue weighted by Gasteiger charge is 2.44. The number of carbonyl (C=O) groups is 1. The topological polar surface area (TPSA) is 129 Å². The van der Waals surface area contributed by atoms with Gasteiger partial charge in [0.05, 0.1) is 10.3 Å². The number of aliphatic carboxylic acids is 1. The van der Waals surface area contributed by atoms with E-state index < -0.39 is 22.0 Å². The molecule has 0 atom stereocenters. The number of hydrogen-bond donors (Lipinski definition) is 2. The molecular formula is C12H12N4O4. The summed E-state index contributed by atoms with van der Waals surface area (Å²) in [6.45, 7) is 0.0606. The second-order valence-electron chi connectivity index (χ2n) is 4.72. The van der Waals surface area contributed by atoms with E-state index in [0.717, 1.165) is 6.42 Å². The summed E-state index contributed by atoms with van der Waals surface area (Å²) in [5.41, 5.74) is -1.42. The Balaban J connectivity index is 2.24. The molecule has 8 heteroatoms. The SMILES string of the molecule is N#Cc1ccnc(NCC2(C(=O)O)CCC2)c1[N+](=O)[O-]. The van der Waals surface area contributed by atoms with Crippen LogP contribution in [0.15, 0.2) is 12.3 Å². The van der Waals surface area contributed by atoms with Gasteiger partial charge in [-0.05, 0) is 18.9 Å². The van der Waals surface area contributed by atoms with Crippen LogP contribution in [-0.2, 0) is 4.79 Å². The van der Waals surface area contributed by atoms with Crippen LogP contribution >= 0.6 is 0 Å². The summed E-state index contributed by atoms with van der Waals surface area (Å²) >= 11 is 0. The summed E-state index contributed by atoms with van der Waals surface area (Å²) in [4.78, 5) is 25.4. The third kappa shape index (κ3) is 2.25. The van der Waals surface area contributed by atoms with E-state index in [9.17, 15) is 20.0 Å². The Bertz CT molecular complexity index is 604. The Kier molecular flexibility index (Phi) is 3.52. The minimum Gasteiger partial charge on any atom is -0.481 e. The quantitative estimate of drug-likeness (QED) is 0.616. The summed E-state index contributed by atoms with van der Waals surface area (Å²) in [5, 5.41) is 31.8. The van der Waals surface area contributed by atoms with E-state index in [-0.39, 0.29) is 17.9 Å². The Hall–Kier alpha value is -2.69. The van der Waals surface area contributed by atoms with Gasteiger partial charge in [-0.1, -0.05) is 6.42 Å². The van der Waals surface area contributed by atoms with Crippen molar-refractivity contribution in [3.63, 3.8) is 0 Å². The molecule has 0 radical (unpaired) electrons. The average Bonchev–Trinajstić information content (AvgIpc) is 2.36. The first kappa shape index (κ1) is 13.7. The van der Waals surface area contributed by atoms with Gasteiger partial charge in [0.1, 0.15) is 11.6 Å². The van der Waals surface area contributed by atoms with Gasteiger partial charge in [-0.2, -0.15) is 5.26 Å². The van der Waals surface area contributed by atoms with Crippen molar-refractivity contribution in [3.05, 3.63) is 27.9 Å². The molecule has 0 aliphatic heterocycles. The molecule has 1 saturated carbocycles. The normalized spacial score (nSPS) is 15.8. The second-order valence-corrected chi connectivity index (χ2v) is 4.72. The van der Waals surface area contributed by atoms with E-state index in [4.69, 9.17) is 5.26 Å². The maximum Gasteiger partial charge on any atom is 0.328 e. The molecule has 0 saturated heterocycles. The second kappa shape index (κ2) is 5.13. The summed E-state index contributed by atoms with van der Waals surface area (Å²) in [7, 11) is 0. The Morgan fingerprint density at radius 3 is 2.80 bits per heavy atom. The van der Waals surface area contributed by atoms with Gasteiger partial charge in [0.15, 0.2) is 0 Å². The van der Waals surface area contributed by atoms with Gasteiger partial charge in [0.25, 0.3) is 0 Å². The highest BCUT2D eigenvalue weighted by atomic mass is 16.6. The fourth-order valence-electron chi connectivity index (χ4n) is 2.18. The number of nitro groups is 1. The number of carboxylic acid groups (broad SMARTS) is 1. The molecule has 1 aliphatic rings. The molecular weight excluding hydrogens is 264 g/mol. The molecule has 8 nitrogen and oxygen atoms in total. The standard InChI is InChI=1S/C12H12N4O4/c13-6-8-2-5-14-10(9(8)16(19)20)15-7-12(11(17)18)3-1-4-12/h2,5H,1,3-4,7H2,(H,14,15)(H,17,18). The van der Waals surface area contributed by atoms with Crippen LogP contribution < -0.4 is 5.32 Å². The highest BCUT2D eigenvalue weighted by molar-refractivity contribution is 5.77. The minimum absolute atomic E-state index is 0.0606. The molecule has 1 heterocycles. The summed E-state index contributed by atoms with van der Waals surface area (Å²) in [6, 6.07) is 2.98. The average molecular weight is 276 g/mol. The molecule has 104 valence electrons. The lowest BCUT2D eigenvalue weighted by molar-refractivity contribution is -0.384. The highest BCUT2D eigenvalue weighted by Crippen LogP contribution is 2.41. The van der Waals surface area contributed by atoms with Crippen molar-refractivity contribution in [1.82, 2.24) is 4.98 Å². The van der Waals surface area contributed by atoms with E-state index in [1.807, 2.05) is 0 Å². The van der Waals surface area contributed by atoms with Crippen molar-refractivity contribution in [2.45, 2.75) is 19.3 Å². The predicted molar refractivity (Wildman–Crippen MR) is 68.0 cm³/mol. The van der Waals surface area contributed by atoms with Gasteiger partial charge in [-0.15, -0.1) is 0 Å². The van der Waals surface area contributed by atoms with Crippen LogP contribution in [0.25, 0.3) is 0 Å². The van der Waals surface area contributed by atoms with Crippen molar-refractivity contribution in [1.29, 1.82) is 5.26 Å². The van der Waals surface area contributed by atoms with Gasteiger partial charge in [0, 0.05) is 12.7 Å². The van der Waals surface area contributed by atoms with Gasteiger partial charge in [0.2, 0.25) is 5.82 Å². The zero-order chi connectivity index (χ0) is 14.8. The van der Waals surface area contributed by atoms with Gasteiger partial charge in [-0.3, -0.25) is 14.9 Å². The smallest absolute Gasteiger partial charge is 0.328 e. The van der Waals surface area contributed by atoms with Crippen molar-refractivity contribution < 1.29 is 14.8 Å². The van der Waals surface area contributed by atoms with Crippen LogP contribution in [0.4, 0.5) is 11.5 Å². The predicted octanol–water partition coefficient (Wildman–Crippen LogP) is 1.53. The first-order valence-corrected chi connectivity index (χ1v) is 6.01. The molecule has 0 bridgehead atoms. The fourth-order valence-corrected chi connectivity index (χ4v) is 2.18. The number of carboxylic acids is 1. The Morgan fingerprint density at radius 1 is 1.65 bits per heavy atom. The Morgan fingerprint density at radius 2 is 2.35 bits per heavy atom. The fraction of sp³-hybridized carbons (Fsp3) is 0.417. The first-order valence-electron chi connectivity index (χ1n) is 6.01. The molecule has 20 heavy (non-hydrogen) atoms. The third-order valence-corrected chi connectivity index (χ3v) is 3.59. The third-order valence-electron chi connectivity index (χ3n) is 3.59. The molecule has 2 N–H and O–H groups in total. The molecule has 0 unspecified atom stereocenters. The summed E-state index contributed by atoms with van der Waals surface area (Å²) in [6.07, 6.45) is 3.16. The minimum atomic E-state index is -0.921. The van der Waals surface area contributed by atoms with Crippen LogP contribution in [0.5, 0.6) is 0 Å². The van der Waals surface area contributed by atoms with Crippen molar-refractivity contribution in [2.24, 2.45) is 5.41 Å². The van der Waals surface area contributed by atoms with Gasteiger partial charge >= 0.3 is 11.7 Å². The number of nitrogens with one attached hydrogen (secondary N) is 1. The molecule has 1 aliphatic carbocycles. The maximum atomic E-state index is 11.2. The number of pyridine rings is 1. The van der Waals surface area contributed by atoms with E-state index in [0.29, 0.717) is 12.8 Å². The van der Waals surface area contributed by atoms with Crippen molar-refractivity contribution in [2.75, 3.05) is 11.9 Å². The Labute approximate surface area is 114 Å². The number of hydrogen-bond acceptors (Lipinski definition) is 6. The number of anilines is 1. The van der Waals surface area contributed by atoms with Crippen LogP contribution in [-0.4, -0.2) is 27.5 Å². The van der Waals surface area contributed by atoms with E-state index >= 15 is 0 Å². The van der Waals surface area contributed by atoms with Gasteiger partial charge in [-0.25, -0.2) is 4.98 Å². The van der Waals surface area contributed by atoms with Gasteiger partial charge < -0.3 is 10.4 Å².